The van der Waals surface area contributed by atoms with Crippen LogP contribution in [-0.4, -0.2) is 19.3 Å². The van der Waals surface area contributed by atoms with E-state index in [1.807, 2.05) is 71.6 Å². The third-order valence-corrected chi connectivity index (χ3v) is 7.97. The van der Waals surface area contributed by atoms with Crippen LogP contribution in [0.5, 0.6) is 11.5 Å². The second-order valence-electron chi connectivity index (χ2n) is 11.2. The maximum absolute atomic E-state index is 14.4. The van der Waals surface area contributed by atoms with E-state index in [1.54, 1.807) is 18.3 Å². The Labute approximate surface area is 276 Å². The zero-order chi connectivity index (χ0) is 30.4. The molecule has 3 aromatic heterocycles. The number of rotatable bonds is 7. The molecular formula is C38H31FN4OPt. The number of aromatic nitrogens is 4. The van der Waals surface area contributed by atoms with E-state index in [2.05, 4.69) is 49.2 Å². The van der Waals surface area contributed by atoms with E-state index in [4.69, 9.17) is 9.84 Å². The van der Waals surface area contributed by atoms with Crippen LogP contribution in [0.4, 0.5) is 4.39 Å². The van der Waals surface area contributed by atoms with Crippen molar-refractivity contribution in [3.63, 3.8) is 0 Å². The number of aryl methyl sites for hydroxylation is 3. The van der Waals surface area contributed by atoms with Crippen LogP contribution in [0, 0.1) is 38.7 Å². The Balaban J connectivity index is 0.00000357. The first-order valence-corrected chi connectivity index (χ1v) is 14.8. The zero-order valence-electron chi connectivity index (χ0n) is 25.5. The molecule has 7 heteroatoms. The van der Waals surface area contributed by atoms with Crippen molar-refractivity contribution in [3.05, 3.63) is 132 Å². The number of pyridine rings is 1. The summed E-state index contributed by atoms with van der Waals surface area (Å²) < 4.78 is 24.8. The van der Waals surface area contributed by atoms with Gasteiger partial charge in [-0.25, -0.2) is 9.37 Å². The molecule has 0 aliphatic carbocycles. The third-order valence-electron chi connectivity index (χ3n) is 7.97. The number of hydrogen-bond acceptors (Lipinski definition) is 3. The van der Waals surface area contributed by atoms with Crippen molar-refractivity contribution in [1.82, 2.24) is 19.3 Å². The van der Waals surface area contributed by atoms with E-state index < -0.39 is 0 Å². The van der Waals surface area contributed by atoms with Gasteiger partial charge in [0.1, 0.15) is 11.6 Å². The summed E-state index contributed by atoms with van der Waals surface area (Å²) in [6.45, 7) is 8.32. The molecule has 0 saturated heterocycles. The molecule has 7 aromatic rings. The Hall–Kier alpha value is -4.54. The molecule has 226 valence electrons. The average molecular weight is 774 g/mol. The molecule has 5 nitrogen and oxygen atoms in total. The average Bonchev–Trinajstić information content (AvgIpc) is 3.49. The summed E-state index contributed by atoms with van der Waals surface area (Å²) in [5.74, 6) is 1.56. The largest absolute Gasteiger partial charge is 2.00 e. The Kier molecular flexibility index (Phi) is 8.44. The van der Waals surface area contributed by atoms with Crippen LogP contribution in [0.15, 0.2) is 91.1 Å². The SMILES string of the molecule is CCCc1cc(Oc2[c-]c3c(cc2)c2cc(F)ccc2n3-c2cc(C)ccn2)[c-]c(-n2nc(C)c(-c3ccccc3)c2C)c1.[Pt+2]. The first kappa shape index (κ1) is 30.5. The quantitative estimate of drug-likeness (QED) is 0.152. The molecule has 0 aliphatic rings. The first-order chi connectivity index (χ1) is 21.4. The summed E-state index contributed by atoms with van der Waals surface area (Å²) in [6, 6.07) is 34.0. The van der Waals surface area contributed by atoms with Gasteiger partial charge in [0.2, 0.25) is 0 Å². The smallest absolute Gasteiger partial charge is 0.509 e. The maximum Gasteiger partial charge on any atom is 2.00 e. The summed E-state index contributed by atoms with van der Waals surface area (Å²) >= 11 is 0. The topological polar surface area (TPSA) is 44.9 Å². The maximum atomic E-state index is 14.4. The van der Waals surface area contributed by atoms with Gasteiger partial charge in [-0.1, -0.05) is 55.6 Å². The molecule has 0 aliphatic heterocycles. The molecule has 0 bridgehead atoms. The number of halogens is 1. The van der Waals surface area contributed by atoms with E-state index >= 15 is 0 Å². The summed E-state index contributed by atoms with van der Waals surface area (Å²) in [7, 11) is 0. The zero-order valence-corrected chi connectivity index (χ0v) is 27.7. The molecule has 0 radical (unpaired) electrons. The molecule has 4 aromatic carbocycles. The molecule has 0 N–H and O–H groups in total. The van der Waals surface area contributed by atoms with Gasteiger partial charge in [-0.3, -0.25) is 4.68 Å². The number of ether oxygens (including phenoxy) is 1. The fourth-order valence-electron chi connectivity index (χ4n) is 6.04. The van der Waals surface area contributed by atoms with Crippen LogP contribution >= 0.6 is 0 Å². The Bertz CT molecular complexity index is 2170. The molecule has 0 fully saturated rings. The van der Waals surface area contributed by atoms with Gasteiger partial charge in [0.05, 0.1) is 5.69 Å². The molecule has 45 heavy (non-hydrogen) atoms. The minimum atomic E-state index is -0.288. The molecule has 0 saturated carbocycles. The molecule has 0 spiro atoms. The van der Waals surface area contributed by atoms with Gasteiger partial charge in [-0.05, 0) is 73.3 Å². The van der Waals surface area contributed by atoms with Crippen molar-refractivity contribution >= 4 is 21.8 Å². The van der Waals surface area contributed by atoms with Crippen LogP contribution in [-0.2, 0) is 27.5 Å². The minimum absolute atomic E-state index is 0. The Morgan fingerprint density at radius 2 is 1.67 bits per heavy atom. The molecule has 0 unspecified atom stereocenters. The van der Waals surface area contributed by atoms with Crippen LogP contribution in [0.1, 0.15) is 35.9 Å². The number of benzene rings is 4. The van der Waals surface area contributed by atoms with Crippen molar-refractivity contribution in [2.45, 2.75) is 40.5 Å². The van der Waals surface area contributed by atoms with E-state index in [0.29, 0.717) is 11.5 Å². The monoisotopic (exact) mass is 773 g/mol. The van der Waals surface area contributed by atoms with Gasteiger partial charge in [0.25, 0.3) is 0 Å². The number of hydrogen-bond donors (Lipinski definition) is 0. The van der Waals surface area contributed by atoms with Gasteiger partial charge in [0, 0.05) is 34.5 Å². The molecular weight excluding hydrogens is 743 g/mol. The predicted octanol–water partition coefficient (Wildman–Crippen LogP) is 9.44. The summed E-state index contributed by atoms with van der Waals surface area (Å²) in [4.78, 5) is 4.63. The fraction of sp³-hybridized carbons (Fsp3) is 0.158. The number of fused-ring (bicyclic) bond motifs is 3. The van der Waals surface area contributed by atoms with Crippen LogP contribution in [0.3, 0.4) is 0 Å². The summed E-state index contributed by atoms with van der Waals surface area (Å²) in [5, 5.41) is 6.58. The van der Waals surface area contributed by atoms with Gasteiger partial charge < -0.3 is 9.30 Å². The van der Waals surface area contributed by atoms with Crippen molar-refractivity contribution in [3.8, 4) is 34.1 Å². The van der Waals surface area contributed by atoms with Gasteiger partial charge in [-0.2, -0.15) is 16.7 Å². The fourth-order valence-corrected chi connectivity index (χ4v) is 6.04. The van der Waals surface area contributed by atoms with E-state index in [-0.39, 0.29) is 26.9 Å². The second kappa shape index (κ2) is 12.5. The second-order valence-corrected chi connectivity index (χ2v) is 11.2. The predicted molar refractivity (Wildman–Crippen MR) is 173 cm³/mol. The van der Waals surface area contributed by atoms with Crippen LogP contribution < -0.4 is 4.74 Å². The van der Waals surface area contributed by atoms with E-state index in [0.717, 1.165) is 79.8 Å². The molecule has 0 atom stereocenters. The summed E-state index contributed by atoms with van der Waals surface area (Å²) in [6.07, 6.45) is 3.67. The standard InChI is InChI=1S/C38H31FN4O.Pt/c1-5-9-27-19-30(43-26(4)38(25(3)41-43)28-10-7-6-8-11-28)22-32(20-27)44-31-13-14-33-34-21-29(39)12-15-35(34)42(36(33)23-31)37-18-24(2)16-17-40-37;/h6-8,10-21H,5,9H2,1-4H3;/q-2;+2. The molecule has 0 amide bonds. The summed E-state index contributed by atoms with van der Waals surface area (Å²) in [5.41, 5.74) is 8.91. The number of nitrogens with zero attached hydrogens (tertiary/aromatic N) is 4. The van der Waals surface area contributed by atoms with Crippen molar-refractivity contribution in [1.29, 1.82) is 0 Å². The van der Waals surface area contributed by atoms with Crippen LogP contribution in [0.2, 0.25) is 0 Å². The van der Waals surface area contributed by atoms with E-state index in [1.165, 1.54) is 6.07 Å². The normalized spacial score (nSPS) is 11.2. The minimum Gasteiger partial charge on any atom is -0.509 e. The van der Waals surface area contributed by atoms with Crippen LogP contribution in [0.25, 0.3) is 44.4 Å². The van der Waals surface area contributed by atoms with Gasteiger partial charge in [0.15, 0.2) is 0 Å². The Morgan fingerprint density at radius 1 is 0.844 bits per heavy atom. The third kappa shape index (κ3) is 5.71. The van der Waals surface area contributed by atoms with E-state index in [9.17, 15) is 4.39 Å². The van der Waals surface area contributed by atoms with Crippen molar-refractivity contribution < 1.29 is 30.2 Å². The first-order valence-electron chi connectivity index (χ1n) is 14.8. The Morgan fingerprint density at radius 3 is 2.44 bits per heavy atom. The van der Waals surface area contributed by atoms with Gasteiger partial charge in [-0.15, -0.1) is 35.7 Å². The van der Waals surface area contributed by atoms with Crippen molar-refractivity contribution in [2.24, 2.45) is 0 Å². The molecule has 7 rings (SSSR count). The van der Waals surface area contributed by atoms with Crippen molar-refractivity contribution in [2.75, 3.05) is 0 Å². The molecule has 3 heterocycles. The van der Waals surface area contributed by atoms with Gasteiger partial charge >= 0.3 is 21.1 Å².